The van der Waals surface area contributed by atoms with Crippen molar-refractivity contribution in [3.05, 3.63) is 29.8 Å². The van der Waals surface area contributed by atoms with Crippen molar-refractivity contribution < 1.29 is 4.79 Å². The summed E-state index contributed by atoms with van der Waals surface area (Å²) in [6.45, 7) is 11.1. The van der Waals surface area contributed by atoms with Crippen molar-refractivity contribution >= 4 is 11.7 Å². The second-order valence-corrected chi connectivity index (χ2v) is 6.09. The predicted molar refractivity (Wildman–Crippen MR) is 85.1 cm³/mol. The molecule has 1 rings (SSSR count). The van der Waals surface area contributed by atoms with Crippen LogP contribution >= 0.6 is 0 Å². The fourth-order valence-electron chi connectivity index (χ4n) is 1.95. The maximum atomic E-state index is 12.0. The fourth-order valence-corrected chi connectivity index (χ4v) is 1.95. The van der Waals surface area contributed by atoms with Gasteiger partial charge in [-0.1, -0.05) is 25.1 Å². The lowest BCUT2D eigenvalue weighted by Gasteiger charge is -2.23. The van der Waals surface area contributed by atoms with E-state index < -0.39 is 0 Å². The summed E-state index contributed by atoms with van der Waals surface area (Å²) in [6, 6.07) is 7.94. The van der Waals surface area contributed by atoms with Gasteiger partial charge in [0.25, 0.3) is 0 Å². The molecule has 1 aromatic carbocycles. The molecule has 4 nitrogen and oxygen atoms in total. The molecule has 0 bridgehead atoms. The normalized spacial score (nSPS) is 12.8. The van der Waals surface area contributed by atoms with Crippen LogP contribution in [0.1, 0.15) is 52.6 Å². The molecular formula is C16H27N3O. The molecule has 0 aliphatic rings. The summed E-state index contributed by atoms with van der Waals surface area (Å²) < 4.78 is 0. The topological polar surface area (TPSA) is 53.2 Å². The molecule has 0 radical (unpaired) electrons. The SMILES string of the molecule is CCCNC(C)c1ccccc1NC(=O)NC(C)(C)C. The highest BCUT2D eigenvalue weighted by molar-refractivity contribution is 5.90. The Morgan fingerprint density at radius 2 is 1.90 bits per heavy atom. The summed E-state index contributed by atoms with van der Waals surface area (Å²) in [7, 11) is 0. The standard InChI is InChI=1S/C16H27N3O/c1-6-11-17-12(2)13-9-7-8-10-14(13)18-15(20)19-16(3,4)5/h7-10,12,17H,6,11H2,1-5H3,(H2,18,19,20). The van der Waals surface area contributed by atoms with Gasteiger partial charge in [-0.2, -0.15) is 0 Å². The molecule has 0 saturated carbocycles. The Labute approximate surface area is 122 Å². The highest BCUT2D eigenvalue weighted by Crippen LogP contribution is 2.22. The van der Waals surface area contributed by atoms with Crippen LogP contribution in [0.3, 0.4) is 0 Å². The monoisotopic (exact) mass is 277 g/mol. The van der Waals surface area contributed by atoms with Crippen LogP contribution in [0.25, 0.3) is 0 Å². The molecule has 0 aromatic heterocycles. The molecule has 3 N–H and O–H groups in total. The van der Waals surface area contributed by atoms with Crippen molar-refractivity contribution in [2.75, 3.05) is 11.9 Å². The molecule has 0 saturated heterocycles. The number of para-hydroxylation sites is 1. The molecule has 1 unspecified atom stereocenters. The minimum atomic E-state index is -0.245. The Hall–Kier alpha value is -1.55. The summed E-state index contributed by atoms with van der Waals surface area (Å²) >= 11 is 0. The lowest BCUT2D eigenvalue weighted by Crippen LogP contribution is -2.43. The summed E-state index contributed by atoms with van der Waals surface area (Å²) in [5.41, 5.74) is 1.71. The first-order valence-corrected chi connectivity index (χ1v) is 7.25. The van der Waals surface area contributed by atoms with Crippen LogP contribution in [-0.2, 0) is 0 Å². The summed E-state index contributed by atoms with van der Waals surface area (Å²) in [4.78, 5) is 12.0. The molecule has 0 aliphatic carbocycles. The molecule has 4 heteroatoms. The average molecular weight is 277 g/mol. The minimum Gasteiger partial charge on any atom is -0.333 e. The van der Waals surface area contributed by atoms with Gasteiger partial charge in [0.15, 0.2) is 0 Å². The number of urea groups is 1. The van der Waals surface area contributed by atoms with Crippen LogP contribution in [0.4, 0.5) is 10.5 Å². The predicted octanol–water partition coefficient (Wildman–Crippen LogP) is 3.67. The molecule has 112 valence electrons. The van der Waals surface area contributed by atoms with Gasteiger partial charge in [-0.25, -0.2) is 4.79 Å². The number of hydrogen-bond acceptors (Lipinski definition) is 2. The van der Waals surface area contributed by atoms with Gasteiger partial charge in [0, 0.05) is 17.3 Å². The van der Waals surface area contributed by atoms with E-state index in [4.69, 9.17) is 0 Å². The zero-order valence-corrected chi connectivity index (χ0v) is 13.2. The lowest BCUT2D eigenvalue weighted by atomic mass is 10.1. The highest BCUT2D eigenvalue weighted by Gasteiger charge is 2.16. The largest absolute Gasteiger partial charge is 0.333 e. The Bertz CT molecular complexity index is 438. The Kier molecular flexibility index (Phi) is 6.02. The molecule has 0 aliphatic heterocycles. The Morgan fingerprint density at radius 3 is 2.50 bits per heavy atom. The molecule has 1 atom stereocenters. The van der Waals surface area contributed by atoms with Crippen molar-refractivity contribution in [3.8, 4) is 0 Å². The maximum absolute atomic E-state index is 12.0. The number of nitrogens with one attached hydrogen (secondary N) is 3. The van der Waals surface area contributed by atoms with Crippen molar-refractivity contribution in [2.45, 2.75) is 52.6 Å². The van der Waals surface area contributed by atoms with E-state index in [-0.39, 0.29) is 17.6 Å². The number of benzene rings is 1. The van der Waals surface area contributed by atoms with E-state index >= 15 is 0 Å². The van der Waals surface area contributed by atoms with Crippen LogP contribution in [0.15, 0.2) is 24.3 Å². The van der Waals surface area contributed by atoms with Gasteiger partial charge in [0.05, 0.1) is 0 Å². The van der Waals surface area contributed by atoms with Gasteiger partial charge in [0.1, 0.15) is 0 Å². The van der Waals surface area contributed by atoms with Gasteiger partial charge in [-0.05, 0) is 52.3 Å². The fraction of sp³-hybridized carbons (Fsp3) is 0.562. The zero-order valence-electron chi connectivity index (χ0n) is 13.2. The van der Waals surface area contributed by atoms with Crippen molar-refractivity contribution in [3.63, 3.8) is 0 Å². The van der Waals surface area contributed by atoms with Crippen molar-refractivity contribution in [1.29, 1.82) is 0 Å². The first-order valence-electron chi connectivity index (χ1n) is 7.25. The molecule has 1 aromatic rings. The van der Waals surface area contributed by atoms with Crippen LogP contribution in [0.5, 0.6) is 0 Å². The van der Waals surface area contributed by atoms with E-state index in [1.165, 1.54) is 0 Å². The number of rotatable bonds is 5. The maximum Gasteiger partial charge on any atom is 0.319 e. The number of anilines is 1. The smallest absolute Gasteiger partial charge is 0.319 e. The molecule has 0 spiro atoms. The summed E-state index contributed by atoms with van der Waals surface area (Å²) in [5, 5.41) is 9.28. The van der Waals surface area contributed by atoms with Crippen LogP contribution in [-0.4, -0.2) is 18.1 Å². The molecular weight excluding hydrogens is 250 g/mol. The molecule has 0 fully saturated rings. The number of hydrogen-bond donors (Lipinski definition) is 3. The van der Waals surface area contributed by atoms with Crippen LogP contribution < -0.4 is 16.0 Å². The third-order valence-electron chi connectivity index (χ3n) is 2.86. The Balaban J connectivity index is 2.77. The summed E-state index contributed by atoms with van der Waals surface area (Å²) in [6.07, 6.45) is 1.09. The third-order valence-corrected chi connectivity index (χ3v) is 2.86. The van der Waals surface area contributed by atoms with Crippen LogP contribution in [0.2, 0.25) is 0 Å². The zero-order chi connectivity index (χ0) is 15.2. The first-order chi connectivity index (χ1) is 9.33. The molecule has 2 amide bonds. The average Bonchev–Trinajstić information content (AvgIpc) is 2.34. The van der Waals surface area contributed by atoms with Gasteiger partial charge < -0.3 is 16.0 Å². The minimum absolute atomic E-state index is 0.173. The van der Waals surface area contributed by atoms with E-state index in [1.54, 1.807) is 0 Å². The van der Waals surface area contributed by atoms with E-state index in [1.807, 2.05) is 45.0 Å². The third kappa shape index (κ3) is 5.61. The highest BCUT2D eigenvalue weighted by atomic mass is 16.2. The molecule has 20 heavy (non-hydrogen) atoms. The van der Waals surface area contributed by atoms with Crippen molar-refractivity contribution in [2.24, 2.45) is 0 Å². The van der Waals surface area contributed by atoms with E-state index in [0.717, 1.165) is 24.2 Å². The quantitative estimate of drug-likeness (QED) is 0.769. The van der Waals surface area contributed by atoms with Gasteiger partial charge in [-0.15, -0.1) is 0 Å². The van der Waals surface area contributed by atoms with Gasteiger partial charge >= 0.3 is 6.03 Å². The Morgan fingerprint density at radius 1 is 1.25 bits per heavy atom. The van der Waals surface area contributed by atoms with E-state index in [9.17, 15) is 4.79 Å². The number of amides is 2. The van der Waals surface area contributed by atoms with Gasteiger partial charge in [0.2, 0.25) is 0 Å². The summed E-state index contributed by atoms with van der Waals surface area (Å²) in [5.74, 6) is 0. The molecule has 0 heterocycles. The van der Waals surface area contributed by atoms with E-state index in [2.05, 4.69) is 29.8 Å². The number of carbonyl (C=O) groups is 1. The van der Waals surface area contributed by atoms with Crippen LogP contribution in [0, 0.1) is 0 Å². The number of carbonyl (C=O) groups excluding carboxylic acids is 1. The second-order valence-electron chi connectivity index (χ2n) is 6.09. The second kappa shape index (κ2) is 7.29. The lowest BCUT2D eigenvalue weighted by molar-refractivity contribution is 0.244. The van der Waals surface area contributed by atoms with Crippen molar-refractivity contribution in [1.82, 2.24) is 10.6 Å². The first kappa shape index (κ1) is 16.5. The van der Waals surface area contributed by atoms with Gasteiger partial charge in [-0.3, -0.25) is 0 Å². The van der Waals surface area contributed by atoms with E-state index in [0.29, 0.717) is 0 Å².